The Kier molecular flexibility index (Phi) is 13.0. The predicted molar refractivity (Wildman–Crippen MR) is 243 cm³/mol. The van der Waals surface area contributed by atoms with E-state index in [-0.39, 0.29) is 35.6 Å². The smallest absolute Gasteiger partial charge is 0.407 e. The fraction of sp³-hybridized carbons (Fsp3) is 0.408. The summed E-state index contributed by atoms with van der Waals surface area (Å²) in [5, 5.41) is 17.1. The lowest BCUT2D eigenvalue weighted by Gasteiger charge is -2.33. The third-order valence-corrected chi connectivity index (χ3v) is 12.7. The van der Waals surface area contributed by atoms with Crippen molar-refractivity contribution in [1.82, 2.24) is 40.4 Å². The highest BCUT2D eigenvalue weighted by molar-refractivity contribution is 5.91. The number of amides is 4. The van der Waals surface area contributed by atoms with Crippen molar-refractivity contribution < 1.29 is 28.7 Å². The monoisotopic (exact) mass is 867 g/mol. The summed E-state index contributed by atoms with van der Waals surface area (Å²) in [4.78, 5) is 71.8. The van der Waals surface area contributed by atoms with Crippen LogP contribution in [0.25, 0.3) is 44.4 Å². The number of rotatable bonds is 14. The average molecular weight is 868 g/mol. The minimum Gasteiger partial charge on any atom is -0.453 e. The van der Waals surface area contributed by atoms with E-state index in [2.05, 4.69) is 92.8 Å². The molecule has 1 saturated carbocycles. The summed E-state index contributed by atoms with van der Waals surface area (Å²) in [5.74, 6) is -0.147. The highest BCUT2D eigenvalue weighted by Crippen LogP contribution is 2.61. The van der Waals surface area contributed by atoms with Crippen molar-refractivity contribution in [3.05, 3.63) is 96.9 Å². The van der Waals surface area contributed by atoms with Crippen LogP contribution in [0, 0.1) is 34.5 Å². The number of ether oxygens (including phenoxy) is 2. The third kappa shape index (κ3) is 9.08. The Hall–Kier alpha value is -6.95. The van der Waals surface area contributed by atoms with Crippen molar-refractivity contribution in [1.29, 1.82) is 5.26 Å². The van der Waals surface area contributed by atoms with Gasteiger partial charge in [-0.1, -0.05) is 82.8 Å². The Labute approximate surface area is 373 Å². The molecular weight excluding hydrogens is 811 g/mol. The van der Waals surface area contributed by atoms with Gasteiger partial charge in [0.2, 0.25) is 11.8 Å². The van der Waals surface area contributed by atoms with Gasteiger partial charge in [0.05, 0.1) is 56.0 Å². The molecule has 4 N–H and O–H groups in total. The molecule has 0 bridgehead atoms. The van der Waals surface area contributed by atoms with Crippen molar-refractivity contribution in [2.24, 2.45) is 23.2 Å². The summed E-state index contributed by atoms with van der Waals surface area (Å²) in [7, 11) is 2.54. The number of carbonyl (C=O) groups excluding carboxylic acids is 4. The normalized spacial score (nSPS) is 17.2. The molecule has 64 heavy (non-hydrogen) atoms. The van der Waals surface area contributed by atoms with E-state index in [0.29, 0.717) is 18.2 Å². The van der Waals surface area contributed by atoms with Gasteiger partial charge in [-0.05, 0) is 83.7 Å². The molecule has 0 radical (unpaired) electrons. The molecule has 2 aromatic heterocycles. The first-order chi connectivity index (χ1) is 30.6. The molecule has 2 fully saturated rings. The molecule has 5 aromatic rings. The van der Waals surface area contributed by atoms with Crippen molar-refractivity contribution in [2.45, 2.75) is 78.6 Å². The second kappa shape index (κ2) is 18.4. The van der Waals surface area contributed by atoms with Crippen LogP contribution in [-0.2, 0) is 19.1 Å². The number of fused-ring (bicyclic) bond motifs is 1. The second-order valence-electron chi connectivity index (χ2n) is 17.8. The van der Waals surface area contributed by atoms with Crippen LogP contribution in [0.15, 0.2) is 85.2 Å². The number of likely N-dealkylation sites (tertiary alicyclic amines) is 1. The van der Waals surface area contributed by atoms with E-state index in [1.165, 1.54) is 14.2 Å². The van der Waals surface area contributed by atoms with Gasteiger partial charge in [-0.3, -0.25) is 9.59 Å². The number of nitrogens with one attached hydrogen (secondary N) is 4. The number of aromatic nitrogens is 4. The highest BCUT2D eigenvalue weighted by atomic mass is 16.5. The van der Waals surface area contributed by atoms with Crippen molar-refractivity contribution in [2.75, 3.05) is 27.3 Å². The van der Waals surface area contributed by atoms with Gasteiger partial charge in [0.1, 0.15) is 29.8 Å². The fourth-order valence-corrected chi connectivity index (χ4v) is 8.58. The molecule has 5 atom stereocenters. The van der Waals surface area contributed by atoms with Crippen LogP contribution < -0.4 is 10.6 Å². The Bertz CT molecular complexity index is 2600. The van der Waals surface area contributed by atoms with Gasteiger partial charge >= 0.3 is 12.2 Å². The molecule has 3 heterocycles. The first-order valence-corrected chi connectivity index (χ1v) is 21.7. The maximum absolute atomic E-state index is 14.0. The summed E-state index contributed by atoms with van der Waals surface area (Å²) in [6.07, 6.45) is 4.11. The fourth-order valence-electron chi connectivity index (χ4n) is 8.58. The summed E-state index contributed by atoms with van der Waals surface area (Å²) in [5.41, 5.74) is 6.40. The lowest BCUT2D eigenvalue weighted by Crippen LogP contribution is -2.52. The zero-order chi connectivity index (χ0) is 46.0. The molecule has 7 rings (SSSR count). The molecule has 2 aliphatic rings. The SMILES string of the molecule is C=C1C(c2ncc(-c3ccc(-c4ccc5cc(-c6cnc(C(C)N(CC(C)C#N)C(=O)C(NC(=O)OC)C(C)C)[nH]6)ccc5c4)cc3)[nH]2)N(C(=O)C(NC(=O)OC)C(C)C)CC12CC2. The number of methoxy groups -OCH3 is 2. The van der Waals surface area contributed by atoms with Gasteiger partial charge in [0, 0.05) is 24.1 Å². The quantitative estimate of drug-likeness (QED) is 0.0793. The Balaban J connectivity index is 1.06. The minimum atomic E-state index is -0.851. The number of H-pyrrole nitrogens is 2. The largest absolute Gasteiger partial charge is 0.453 e. The number of aromatic amines is 2. The number of benzene rings is 3. The molecule has 334 valence electrons. The first kappa shape index (κ1) is 45.1. The van der Waals surface area contributed by atoms with Gasteiger partial charge in [-0.25, -0.2) is 19.6 Å². The van der Waals surface area contributed by atoms with Gasteiger partial charge in [-0.15, -0.1) is 0 Å². The maximum Gasteiger partial charge on any atom is 0.407 e. The summed E-state index contributed by atoms with van der Waals surface area (Å²) in [6, 6.07) is 20.4. The van der Waals surface area contributed by atoms with Crippen LogP contribution in [0.5, 0.6) is 0 Å². The molecule has 1 spiro atoms. The van der Waals surface area contributed by atoms with Crippen LogP contribution in [0.3, 0.4) is 0 Å². The van der Waals surface area contributed by atoms with Crippen LogP contribution >= 0.6 is 0 Å². The van der Waals surface area contributed by atoms with Crippen molar-refractivity contribution in [3.63, 3.8) is 0 Å². The topological polar surface area (TPSA) is 198 Å². The van der Waals surface area contributed by atoms with Crippen molar-refractivity contribution in [3.8, 4) is 39.7 Å². The summed E-state index contributed by atoms with van der Waals surface area (Å²) < 4.78 is 9.59. The number of nitrogens with zero attached hydrogens (tertiary/aromatic N) is 5. The van der Waals surface area contributed by atoms with Crippen LogP contribution in [-0.4, -0.2) is 93.1 Å². The van der Waals surface area contributed by atoms with E-state index in [4.69, 9.17) is 14.5 Å². The Morgan fingerprint density at radius 3 is 1.95 bits per heavy atom. The number of carbonyl (C=O) groups is 4. The van der Waals surface area contributed by atoms with E-state index >= 15 is 0 Å². The zero-order valence-corrected chi connectivity index (χ0v) is 37.7. The first-order valence-electron chi connectivity index (χ1n) is 21.7. The van der Waals surface area contributed by atoms with Crippen LogP contribution in [0.4, 0.5) is 9.59 Å². The molecule has 4 amide bonds. The summed E-state index contributed by atoms with van der Waals surface area (Å²) >= 11 is 0. The Morgan fingerprint density at radius 2 is 1.36 bits per heavy atom. The minimum absolute atomic E-state index is 0.126. The third-order valence-electron chi connectivity index (χ3n) is 12.7. The van der Waals surface area contributed by atoms with Crippen molar-refractivity contribution >= 4 is 34.8 Å². The highest BCUT2D eigenvalue weighted by Gasteiger charge is 2.58. The predicted octanol–water partition coefficient (Wildman–Crippen LogP) is 8.32. The second-order valence-corrected chi connectivity index (χ2v) is 17.8. The average Bonchev–Trinajstić information content (AvgIpc) is 3.56. The lowest BCUT2D eigenvalue weighted by molar-refractivity contribution is -0.137. The number of hydrogen-bond acceptors (Lipinski definition) is 9. The Morgan fingerprint density at radius 1 is 0.812 bits per heavy atom. The lowest BCUT2D eigenvalue weighted by atomic mass is 9.96. The molecular formula is C49H57N9O6. The molecule has 15 heteroatoms. The van der Waals surface area contributed by atoms with E-state index in [1.54, 1.807) is 24.2 Å². The van der Waals surface area contributed by atoms with Gasteiger partial charge in [0.15, 0.2) is 0 Å². The standard InChI is InChI=1S/C49H57N9O6/c1-27(2)40(55-47(61)63-8)45(59)57(25-29(5)22-50)31(7)43-51-24-39(53-43)37-17-16-35-20-34(14-15-36(35)21-37)32-10-12-33(13-11-32)38-23-52-44(54-38)42-30(6)49(18-19-49)26-58(42)46(60)41(28(3)4)56-48(62)64-9/h10-17,20-21,23-24,27-29,31,40-42H,6,18-19,25-26H2,1-5,7-9H3,(H,51,53)(H,52,54)(H,55,61)(H,56,62). The molecule has 1 aliphatic carbocycles. The van der Waals surface area contributed by atoms with Gasteiger partial charge < -0.3 is 39.9 Å². The molecule has 1 saturated heterocycles. The number of hydrogen-bond donors (Lipinski definition) is 4. The summed E-state index contributed by atoms with van der Waals surface area (Å²) in [6.45, 7) is 16.2. The van der Waals surface area contributed by atoms with E-state index in [0.717, 1.165) is 62.8 Å². The van der Waals surface area contributed by atoms with E-state index in [9.17, 15) is 24.4 Å². The zero-order valence-electron chi connectivity index (χ0n) is 37.7. The maximum atomic E-state index is 14.0. The number of imidazole rings is 2. The number of nitriles is 1. The van der Waals surface area contributed by atoms with Crippen LogP contribution in [0.2, 0.25) is 0 Å². The molecule has 5 unspecified atom stereocenters. The van der Waals surface area contributed by atoms with E-state index in [1.807, 2.05) is 45.6 Å². The van der Waals surface area contributed by atoms with Crippen LogP contribution in [0.1, 0.15) is 78.1 Å². The molecule has 15 nitrogen and oxygen atoms in total. The van der Waals surface area contributed by atoms with Gasteiger partial charge in [-0.2, -0.15) is 5.26 Å². The molecule has 3 aromatic carbocycles. The van der Waals surface area contributed by atoms with E-state index < -0.39 is 42.3 Å². The molecule has 1 aliphatic heterocycles. The van der Waals surface area contributed by atoms with Gasteiger partial charge in [0.25, 0.3) is 0 Å². The number of alkyl carbamates (subject to hydrolysis) is 2.